The second kappa shape index (κ2) is 10.9. The molecule has 50 heavy (non-hydrogen) atoms. The van der Waals surface area contributed by atoms with Gasteiger partial charge in [0.1, 0.15) is 11.5 Å². The monoisotopic (exact) mass is 644 g/mol. The maximum absolute atomic E-state index is 6.77. The maximum atomic E-state index is 6.77. The van der Waals surface area contributed by atoms with Crippen LogP contribution in [0.4, 0.5) is 0 Å². The highest BCUT2D eigenvalue weighted by atomic mass is 16.5. The van der Waals surface area contributed by atoms with E-state index in [1.54, 1.807) is 0 Å². The summed E-state index contributed by atoms with van der Waals surface area (Å²) in [6.07, 6.45) is 6.36. The number of fused-ring (bicyclic) bond motifs is 9. The smallest absolute Gasteiger partial charge is 0.135 e. The number of allylic oxidation sites excluding steroid dienone is 5. The molecule has 1 heterocycles. The van der Waals surface area contributed by atoms with Gasteiger partial charge in [-0.2, -0.15) is 0 Å². The van der Waals surface area contributed by atoms with Crippen LogP contribution >= 0.6 is 0 Å². The van der Waals surface area contributed by atoms with E-state index in [2.05, 4.69) is 175 Å². The molecule has 0 unspecified atom stereocenters. The van der Waals surface area contributed by atoms with Gasteiger partial charge in [0, 0.05) is 22.0 Å². The Morgan fingerprint density at radius 3 is 1.54 bits per heavy atom. The molecule has 242 valence electrons. The van der Waals surface area contributed by atoms with Crippen molar-refractivity contribution in [3.05, 3.63) is 174 Å². The molecular formula is C49H40O. The molecule has 0 bridgehead atoms. The zero-order chi connectivity index (χ0) is 34.4. The molecule has 0 saturated carbocycles. The highest BCUT2D eigenvalue weighted by Crippen LogP contribution is 2.52. The highest BCUT2D eigenvalue weighted by Gasteiger charge is 2.36. The summed E-state index contributed by atoms with van der Waals surface area (Å²) in [7, 11) is 0. The van der Waals surface area contributed by atoms with Gasteiger partial charge in [-0.1, -0.05) is 137 Å². The van der Waals surface area contributed by atoms with E-state index in [0.717, 1.165) is 22.6 Å². The summed E-state index contributed by atoms with van der Waals surface area (Å²) in [5, 5.41) is 0. The molecule has 9 rings (SSSR count). The van der Waals surface area contributed by atoms with E-state index >= 15 is 0 Å². The van der Waals surface area contributed by atoms with E-state index in [1.165, 1.54) is 77.9 Å². The number of ether oxygens (including phenoxy) is 1. The number of benzene rings is 6. The minimum atomic E-state index is -0.124. The van der Waals surface area contributed by atoms with Crippen LogP contribution in [0.2, 0.25) is 0 Å². The largest absolute Gasteiger partial charge is 0.456 e. The van der Waals surface area contributed by atoms with Crippen LogP contribution in [0.15, 0.2) is 152 Å². The van der Waals surface area contributed by atoms with Gasteiger partial charge in [0.05, 0.1) is 0 Å². The first-order valence-electron chi connectivity index (χ1n) is 17.7. The first-order chi connectivity index (χ1) is 24.2. The molecule has 0 aromatic heterocycles. The van der Waals surface area contributed by atoms with Gasteiger partial charge < -0.3 is 4.74 Å². The molecule has 0 spiro atoms. The first kappa shape index (κ1) is 30.4. The van der Waals surface area contributed by atoms with Crippen LogP contribution in [0.3, 0.4) is 0 Å². The molecule has 2 aliphatic carbocycles. The number of rotatable bonds is 4. The van der Waals surface area contributed by atoms with Gasteiger partial charge in [-0.3, -0.25) is 0 Å². The highest BCUT2D eigenvalue weighted by molar-refractivity contribution is 5.95. The van der Waals surface area contributed by atoms with Crippen molar-refractivity contribution in [3.63, 3.8) is 0 Å². The van der Waals surface area contributed by atoms with Gasteiger partial charge in [0.2, 0.25) is 0 Å². The summed E-state index contributed by atoms with van der Waals surface area (Å²) < 4.78 is 6.77. The van der Waals surface area contributed by atoms with Crippen LogP contribution in [0.25, 0.3) is 61.2 Å². The van der Waals surface area contributed by atoms with Crippen molar-refractivity contribution in [2.75, 3.05) is 0 Å². The Bertz CT molecular complexity index is 2480. The van der Waals surface area contributed by atoms with Gasteiger partial charge in [-0.15, -0.1) is 0 Å². The van der Waals surface area contributed by atoms with Gasteiger partial charge in [0.15, 0.2) is 0 Å². The van der Waals surface area contributed by atoms with E-state index in [4.69, 9.17) is 4.74 Å². The molecule has 0 atom stereocenters. The molecule has 0 radical (unpaired) electrons. The SMILES string of the molecule is C=CC1=C(C=CC)c2ccc(-c3ccc4c(c3)-c3ccccc3-c3cc(-c5ccc6c(c5)C(C)(C)c5ccccc5-6)ccc3O4)cc2C1(C)C. The summed E-state index contributed by atoms with van der Waals surface area (Å²) in [4.78, 5) is 0. The Morgan fingerprint density at radius 1 is 0.480 bits per heavy atom. The Balaban J connectivity index is 1.13. The number of hydrogen-bond acceptors (Lipinski definition) is 1. The lowest BCUT2D eigenvalue weighted by Gasteiger charge is -2.23. The molecule has 0 fully saturated rings. The van der Waals surface area contributed by atoms with Crippen molar-refractivity contribution in [3.8, 4) is 67.1 Å². The molecule has 0 N–H and O–H groups in total. The van der Waals surface area contributed by atoms with Crippen molar-refractivity contribution in [1.82, 2.24) is 0 Å². The summed E-state index contributed by atoms with van der Waals surface area (Å²) in [6, 6.07) is 44.8. The van der Waals surface area contributed by atoms with Crippen LogP contribution in [0, 0.1) is 0 Å². The zero-order valence-electron chi connectivity index (χ0n) is 29.4. The molecule has 1 nitrogen and oxygen atoms in total. The predicted molar refractivity (Wildman–Crippen MR) is 211 cm³/mol. The lowest BCUT2D eigenvalue weighted by Crippen LogP contribution is -2.16. The average Bonchev–Trinajstić information content (AvgIpc) is 3.42. The van der Waals surface area contributed by atoms with Crippen molar-refractivity contribution < 1.29 is 4.74 Å². The van der Waals surface area contributed by atoms with Crippen molar-refractivity contribution in [2.24, 2.45) is 0 Å². The van der Waals surface area contributed by atoms with Gasteiger partial charge in [0.25, 0.3) is 0 Å². The quantitative estimate of drug-likeness (QED) is 0.185. The molecule has 6 aromatic rings. The molecular weight excluding hydrogens is 605 g/mol. The first-order valence-corrected chi connectivity index (χ1v) is 17.7. The molecule has 0 saturated heterocycles. The van der Waals surface area contributed by atoms with Crippen LogP contribution in [-0.4, -0.2) is 0 Å². The molecule has 1 aliphatic heterocycles. The van der Waals surface area contributed by atoms with E-state index in [9.17, 15) is 0 Å². The zero-order valence-corrected chi connectivity index (χ0v) is 29.4. The lowest BCUT2D eigenvalue weighted by atomic mass is 9.80. The van der Waals surface area contributed by atoms with Crippen LogP contribution < -0.4 is 4.74 Å². The van der Waals surface area contributed by atoms with Crippen molar-refractivity contribution in [2.45, 2.75) is 45.4 Å². The topological polar surface area (TPSA) is 9.23 Å². The van der Waals surface area contributed by atoms with Crippen LogP contribution in [-0.2, 0) is 10.8 Å². The van der Waals surface area contributed by atoms with Crippen molar-refractivity contribution >= 4 is 5.57 Å². The average molecular weight is 645 g/mol. The molecule has 3 aliphatic rings. The Kier molecular flexibility index (Phi) is 6.64. The normalized spacial score (nSPS) is 15.7. The van der Waals surface area contributed by atoms with E-state index in [-0.39, 0.29) is 10.8 Å². The van der Waals surface area contributed by atoms with Gasteiger partial charge in [-0.05, 0) is 121 Å². The van der Waals surface area contributed by atoms with Crippen LogP contribution in [0.1, 0.15) is 56.9 Å². The Morgan fingerprint density at radius 2 is 0.960 bits per heavy atom. The van der Waals surface area contributed by atoms with E-state index in [0.29, 0.717) is 0 Å². The third-order valence-corrected chi connectivity index (χ3v) is 11.4. The molecule has 0 amide bonds. The third-order valence-electron chi connectivity index (χ3n) is 11.4. The third kappa shape index (κ3) is 4.33. The fourth-order valence-corrected chi connectivity index (χ4v) is 8.79. The Labute approximate surface area is 295 Å². The standard InChI is InChI=1S/C49H40O/c1-7-13-36-38-22-18-32(28-44(38)48(3,4)42(36)8-2)30-20-24-46-40(26-30)34-14-9-10-15-35(34)41-27-31(21-25-47(41)50-46)33-19-23-39-37-16-11-12-17-43(37)49(5,6)45(39)29-33/h7-29H,2H2,1,3-6H3. The maximum Gasteiger partial charge on any atom is 0.135 e. The second-order valence-electron chi connectivity index (χ2n) is 14.9. The lowest BCUT2D eigenvalue weighted by molar-refractivity contribution is 0.488. The Hall–Kier alpha value is -5.66. The summed E-state index contributed by atoms with van der Waals surface area (Å²) in [5.74, 6) is 1.75. The minimum Gasteiger partial charge on any atom is -0.456 e. The fraction of sp³-hybridized carbons (Fsp3) is 0.143. The fourth-order valence-electron chi connectivity index (χ4n) is 8.79. The number of hydrogen-bond donors (Lipinski definition) is 0. The van der Waals surface area contributed by atoms with E-state index in [1.807, 2.05) is 6.08 Å². The van der Waals surface area contributed by atoms with Crippen LogP contribution in [0.5, 0.6) is 11.5 Å². The summed E-state index contributed by atoms with van der Waals surface area (Å²) in [6.45, 7) is 15.5. The van der Waals surface area contributed by atoms with Gasteiger partial charge >= 0.3 is 0 Å². The molecule has 6 aromatic carbocycles. The molecule has 1 heteroatoms. The van der Waals surface area contributed by atoms with Crippen molar-refractivity contribution in [1.29, 1.82) is 0 Å². The summed E-state index contributed by atoms with van der Waals surface area (Å²) >= 11 is 0. The summed E-state index contributed by atoms with van der Waals surface area (Å²) in [5.41, 5.74) is 19.8. The minimum absolute atomic E-state index is 0.0451. The van der Waals surface area contributed by atoms with Gasteiger partial charge in [-0.25, -0.2) is 0 Å². The van der Waals surface area contributed by atoms with E-state index < -0.39 is 0 Å². The second-order valence-corrected chi connectivity index (χ2v) is 14.9. The predicted octanol–water partition coefficient (Wildman–Crippen LogP) is 13.6.